The lowest BCUT2D eigenvalue weighted by atomic mass is 10.3. The van der Waals surface area contributed by atoms with Gasteiger partial charge in [0.1, 0.15) is 0 Å². The van der Waals surface area contributed by atoms with Crippen LogP contribution in [0.3, 0.4) is 0 Å². The lowest BCUT2D eigenvalue weighted by molar-refractivity contribution is 0.377. The predicted octanol–water partition coefficient (Wildman–Crippen LogP) is 3.00. The van der Waals surface area contributed by atoms with Crippen molar-refractivity contribution in [1.82, 2.24) is 0 Å². The summed E-state index contributed by atoms with van der Waals surface area (Å²) in [5.41, 5.74) is 1.12. The SMILES string of the molecule is COc1ccccc1OC=C(C)C. The Morgan fingerprint density at radius 1 is 1.15 bits per heavy atom. The molecule has 1 aromatic rings. The minimum atomic E-state index is 0.742. The highest BCUT2D eigenvalue weighted by Gasteiger charge is 1.99. The zero-order chi connectivity index (χ0) is 9.68. The summed E-state index contributed by atoms with van der Waals surface area (Å²) in [5.74, 6) is 1.49. The number of ether oxygens (including phenoxy) is 2. The first kappa shape index (κ1) is 9.65. The van der Waals surface area contributed by atoms with E-state index in [0.29, 0.717) is 0 Å². The molecule has 0 aromatic heterocycles. The molecule has 0 heterocycles. The fraction of sp³-hybridized carbons (Fsp3) is 0.273. The molecule has 0 radical (unpaired) electrons. The smallest absolute Gasteiger partial charge is 0.168 e. The van der Waals surface area contributed by atoms with Gasteiger partial charge in [-0.05, 0) is 31.6 Å². The van der Waals surface area contributed by atoms with Gasteiger partial charge in [-0.1, -0.05) is 12.1 Å². The van der Waals surface area contributed by atoms with Crippen LogP contribution in [0, 0.1) is 0 Å². The molecule has 70 valence electrons. The molecule has 0 aliphatic heterocycles. The van der Waals surface area contributed by atoms with Crippen LogP contribution in [0.4, 0.5) is 0 Å². The van der Waals surface area contributed by atoms with Crippen molar-refractivity contribution in [1.29, 1.82) is 0 Å². The van der Waals surface area contributed by atoms with Crippen LogP contribution in [0.15, 0.2) is 36.1 Å². The number of hydrogen-bond donors (Lipinski definition) is 0. The zero-order valence-electron chi connectivity index (χ0n) is 8.20. The zero-order valence-corrected chi connectivity index (χ0v) is 8.20. The first-order valence-electron chi connectivity index (χ1n) is 4.17. The summed E-state index contributed by atoms with van der Waals surface area (Å²) in [6.07, 6.45) is 1.71. The van der Waals surface area contributed by atoms with Crippen molar-refractivity contribution < 1.29 is 9.47 Å². The molecule has 0 N–H and O–H groups in total. The topological polar surface area (TPSA) is 18.5 Å². The molecule has 0 aliphatic rings. The van der Waals surface area contributed by atoms with Gasteiger partial charge in [0.15, 0.2) is 11.5 Å². The van der Waals surface area contributed by atoms with E-state index in [1.54, 1.807) is 13.4 Å². The van der Waals surface area contributed by atoms with Gasteiger partial charge < -0.3 is 9.47 Å². The second-order valence-electron chi connectivity index (χ2n) is 2.96. The van der Waals surface area contributed by atoms with Crippen LogP contribution in [0.5, 0.6) is 11.5 Å². The second-order valence-corrected chi connectivity index (χ2v) is 2.96. The molecule has 0 saturated carbocycles. The van der Waals surface area contributed by atoms with Gasteiger partial charge >= 0.3 is 0 Å². The summed E-state index contributed by atoms with van der Waals surface area (Å²) < 4.78 is 10.5. The maximum atomic E-state index is 5.40. The van der Waals surface area contributed by atoms with Crippen molar-refractivity contribution in [3.8, 4) is 11.5 Å². The molecule has 0 atom stereocenters. The van der Waals surface area contributed by atoms with E-state index in [9.17, 15) is 0 Å². The van der Waals surface area contributed by atoms with Gasteiger partial charge in [-0.3, -0.25) is 0 Å². The number of allylic oxidation sites excluding steroid dienone is 1. The van der Waals surface area contributed by atoms with Gasteiger partial charge in [-0.15, -0.1) is 0 Å². The molecule has 0 unspecified atom stereocenters. The van der Waals surface area contributed by atoms with Gasteiger partial charge in [-0.2, -0.15) is 0 Å². The van der Waals surface area contributed by atoms with Crippen LogP contribution >= 0.6 is 0 Å². The highest BCUT2D eigenvalue weighted by atomic mass is 16.5. The largest absolute Gasteiger partial charge is 0.493 e. The summed E-state index contributed by atoms with van der Waals surface area (Å²) in [4.78, 5) is 0. The molecule has 0 aliphatic carbocycles. The van der Waals surface area contributed by atoms with E-state index < -0.39 is 0 Å². The summed E-state index contributed by atoms with van der Waals surface area (Å²) in [6.45, 7) is 3.96. The molecule has 0 bridgehead atoms. The fourth-order valence-corrected chi connectivity index (χ4v) is 0.897. The lowest BCUT2D eigenvalue weighted by Gasteiger charge is -2.06. The molecule has 1 aromatic carbocycles. The van der Waals surface area contributed by atoms with Crippen molar-refractivity contribution in [2.75, 3.05) is 7.11 Å². The number of para-hydroxylation sites is 2. The van der Waals surface area contributed by atoms with Crippen molar-refractivity contribution in [2.45, 2.75) is 13.8 Å². The third-order valence-electron chi connectivity index (χ3n) is 1.49. The maximum absolute atomic E-state index is 5.40. The molecule has 0 fully saturated rings. The van der Waals surface area contributed by atoms with Crippen LogP contribution in [0.2, 0.25) is 0 Å². The second kappa shape index (κ2) is 4.55. The molecule has 0 spiro atoms. The molecule has 13 heavy (non-hydrogen) atoms. The van der Waals surface area contributed by atoms with E-state index in [4.69, 9.17) is 9.47 Å². The van der Waals surface area contributed by atoms with E-state index in [1.165, 1.54) is 0 Å². The first-order valence-corrected chi connectivity index (χ1v) is 4.17. The fourth-order valence-electron chi connectivity index (χ4n) is 0.897. The monoisotopic (exact) mass is 178 g/mol. The van der Waals surface area contributed by atoms with Gasteiger partial charge in [0.25, 0.3) is 0 Å². The highest BCUT2D eigenvalue weighted by molar-refractivity contribution is 5.39. The average molecular weight is 178 g/mol. The van der Waals surface area contributed by atoms with Crippen LogP contribution in [-0.2, 0) is 0 Å². The molecular formula is C11H14O2. The Bertz CT molecular complexity index is 299. The van der Waals surface area contributed by atoms with Gasteiger partial charge in [0.05, 0.1) is 13.4 Å². The molecule has 1 rings (SSSR count). The predicted molar refractivity (Wildman–Crippen MR) is 53.1 cm³/mol. The third kappa shape index (κ3) is 2.82. The molecule has 0 amide bonds. The standard InChI is InChI=1S/C11H14O2/c1-9(2)8-13-11-7-5-4-6-10(11)12-3/h4-8H,1-3H3. The van der Waals surface area contributed by atoms with E-state index in [2.05, 4.69) is 0 Å². The Labute approximate surface area is 78.8 Å². The third-order valence-corrected chi connectivity index (χ3v) is 1.49. The van der Waals surface area contributed by atoms with Crippen LogP contribution in [0.1, 0.15) is 13.8 Å². The van der Waals surface area contributed by atoms with Gasteiger partial charge in [0, 0.05) is 0 Å². The van der Waals surface area contributed by atoms with E-state index in [0.717, 1.165) is 17.1 Å². The highest BCUT2D eigenvalue weighted by Crippen LogP contribution is 2.25. The van der Waals surface area contributed by atoms with Crippen LogP contribution in [0.25, 0.3) is 0 Å². The van der Waals surface area contributed by atoms with E-state index in [-0.39, 0.29) is 0 Å². The summed E-state index contributed by atoms with van der Waals surface area (Å²) in [6, 6.07) is 7.57. The van der Waals surface area contributed by atoms with Crippen molar-refractivity contribution in [3.63, 3.8) is 0 Å². The Hall–Kier alpha value is -1.44. The lowest BCUT2D eigenvalue weighted by Crippen LogP contribution is -1.89. The molecule has 2 heteroatoms. The van der Waals surface area contributed by atoms with Gasteiger partial charge in [-0.25, -0.2) is 0 Å². The summed E-state index contributed by atoms with van der Waals surface area (Å²) in [5, 5.41) is 0. The van der Waals surface area contributed by atoms with Crippen LogP contribution < -0.4 is 9.47 Å². The Balaban J connectivity index is 2.81. The quantitative estimate of drug-likeness (QED) is 0.662. The van der Waals surface area contributed by atoms with E-state index in [1.807, 2.05) is 38.1 Å². The summed E-state index contributed by atoms with van der Waals surface area (Å²) in [7, 11) is 1.63. The molecular weight excluding hydrogens is 164 g/mol. The number of benzene rings is 1. The maximum Gasteiger partial charge on any atom is 0.168 e. The Kier molecular flexibility index (Phi) is 3.38. The van der Waals surface area contributed by atoms with E-state index >= 15 is 0 Å². The normalized spacial score (nSPS) is 9.15. The van der Waals surface area contributed by atoms with Crippen LogP contribution in [-0.4, -0.2) is 7.11 Å². The van der Waals surface area contributed by atoms with Gasteiger partial charge in [0.2, 0.25) is 0 Å². The first-order chi connectivity index (χ1) is 6.24. The molecule has 0 saturated heterocycles. The van der Waals surface area contributed by atoms with Crippen molar-refractivity contribution in [2.24, 2.45) is 0 Å². The number of methoxy groups -OCH3 is 1. The Morgan fingerprint density at radius 3 is 2.31 bits per heavy atom. The average Bonchev–Trinajstić information content (AvgIpc) is 2.15. The number of hydrogen-bond acceptors (Lipinski definition) is 2. The Morgan fingerprint density at radius 2 is 1.77 bits per heavy atom. The minimum absolute atomic E-state index is 0.742. The number of rotatable bonds is 3. The molecule has 2 nitrogen and oxygen atoms in total. The summed E-state index contributed by atoms with van der Waals surface area (Å²) >= 11 is 0. The van der Waals surface area contributed by atoms with Crippen molar-refractivity contribution >= 4 is 0 Å². The van der Waals surface area contributed by atoms with Crippen molar-refractivity contribution in [3.05, 3.63) is 36.1 Å². The minimum Gasteiger partial charge on any atom is -0.493 e.